The number of benzene rings is 2. The van der Waals surface area contributed by atoms with Crippen molar-refractivity contribution in [1.29, 1.82) is 5.26 Å². The summed E-state index contributed by atoms with van der Waals surface area (Å²) in [7, 11) is 0. The molecule has 21 heavy (non-hydrogen) atoms. The highest BCUT2D eigenvalue weighted by Gasteiger charge is 2.10. The van der Waals surface area contributed by atoms with Gasteiger partial charge in [-0.1, -0.05) is 41.9 Å². The van der Waals surface area contributed by atoms with E-state index in [0.29, 0.717) is 17.3 Å². The van der Waals surface area contributed by atoms with Crippen molar-refractivity contribution in [2.45, 2.75) is 6.54 Å². The molecule has 2 aromatic carbocycles. The summed E-state index contributed by atoms with van der Waals surface area (Å²) in [4.78, 5) is 4.41. The Morgan fingerprint density at radius 1 is 1.14 bits per heavy atom. The summed E-state index contributed by atoms with van der Waals surface area (Å²) >= 11 is 6.21. The van der Waals surface area contributed by atoms with E-state index in [2.05, 4.69) is 11.1 Å². The zero-order chi connectivity index (χ0) is 14.8. The number of fused-ring (bicyclic) bond motifs is 1. The number of halogens is 1. The molecule has 0 aliphatic heterocycles. The Bertz CT molecular complexity index is 866. The van der Waals surface area contributed by atoms with Crippen molar-refractivity contribution < 1.29 is 0 Å². The average Bonchev–Trinajstić information content (AvgIpc) is 2.53. The molecule has 0 saturated heterocycles. The van der Waals surface area contributed by atoms with Crippen LogP contribution < -0.4 is 5.73 Å². The zero-order valence-corrected chi connectivity index (χ0v) is 11.9. The first kappa shape index (κ1) is 13.6. The molecule has 1 aromatic heterocycles. The van der Waals surface area contributed by atoms with Crippen LogP contribution in [0.4, 0.5) is 0 Å². The van der Waals surface area contributed by atoms with Gasteiger partial charge in [0.15, 0.2) is 0 Å². The molecule has 0 fully saturated rings. The molecule has 4 heteroatoms. The minimum Gasteiger partial charge on any atom is -0.326 e. The quantitative estimate of drug-likeness (QED) is 0.780. The molecule has 3 rings (SSSR count). The van der Waals surface area contributed by atoms with E-state index in [1.165, 1.54) is 0 Å². The van der Waals surface area contributed by atoms with Crippen LogP contribution in [0.15, 0.2) is 48.5 Å². The summed E-state index contributed by atoms with van der Waals surface area (Å²) in [6, 6.07) is 17.5. The Labute approximate surface area is 127 Å². The van der Waals surface area contributed by atoms with Crippen LogP contribution >= 0.6 is 11.6 Å². The molecule has 3 nitrogen and oxygen atoms in total. The number of pyridine rings is 1. The van der Waals surface area contributed by atoms with Crippen molar-refractivity contribution in [3.05, 3.63) is 64.8 Å². The standard InChI is InChI=1S/C17H12ClN3/c18-15-8-11(5-6-13(15)9-19)14-7-12-3-1-2-4-16(12)21-17(14)10-20/h1-8H,9,19H2. The van der Waals surface area contributed by atoms with E-state index in [4.69, 9.17) is 17.3 Å². The number of para-hydroxylation sites is 1. The van der Waals surface area contributed by atoms with Crippen LogP contribution in [0, 0.1) is 11.3 Å². The van der Waals surface area contributed by atoms with Gasteiger partial charge < -0.3 is 5.73 Å². The molecule has 0 bridgehead atoms. The van der Waals surface area contributed by atoms with Crippen molar-refractivity contribution in [2.24, 2.45) is 5.73 Å². The van der Waals surface area contributed by atoms with E-state index in [1.807, 2.05) is 48.5 Å². The van der Waals surface area contributed by atoms with Gasteiger partial charge in [0, 0.05) is 22.5 Å². The summed E-state index contributed by atoms with van der Waals surface area (Å²) in [5.74, 6) is 0. The third kappa shape index (κ3) is 2.47. The van der Waals surface area contributed by atoms with E-state index in [1.54, 1.807) is 0 Å². The molecule has 2 N–H and O–H groups in total. The van der Waals surface area contributed by atoms with Crippen LogP contribution in [0.3, 0.4) is 0 Å². The summed E-state index contributed by atoms with van der Waals surface area (Å²) in [5.41, 5.74) is 9.35. The normalized spacial score (nSPS) is 10.5. The SMILES string of the molecule is N#Cc1nc2ccccc2cc1-c1ccc(CN)c(Cl)c1. The molecule has 0 spiro atoms. The minimum absolute atomic E-state index is 0.389. The highest BCUT2D eigenvalue weighted by Crippen LogP contribution is 2.29. The third-order valence-electron chi connectivity index (χ3n) is 3.41. The Kier molecular flexibility index (Phi) is 3.57. The number of hydrogen-bond donors (Lipinski definition) is 1. The van der Waals surface area contributed by atoms with Gasteiger partial charge in [0.1, 0.15) is 11.8 Å². The van der Waals surface area contributed by atoms with Crippen molar-refractivity contribution >= 4 is 22.5 Å². The van der Waals surface area contributed by atoms with Crippen LogP contribution in [0.25, 0.3) is 22.0 Å². The molecule has 1 heterocycles. The molecule has 0 unspecified atom stereocenters. The summed E-state index contributed by atoms with van der Waals surface area (Å²) in [5, 5.41) is 10.9. The summed E-state index contributed by atoms with van der Waals surface area (Å²) < 4.78 is 0. The van der Waals surface area contributed by atoms with Crippen LogP contribution in [0.5, 0.6) is 0 Å². The number of hydrogen-bond acceptors (Lipinski definition) is 3. The first-order valence-electron chi connectivity index (χ1n) is 6.51. The first-order chi connectivity index (χ1) is 10.2. The highest BCUT2D eigenvalue weighted by molar-refractivity contribution is 6.31. The minimum atomic E-state index is 0.389. The van der Waals surface area contributed by atoms with Crippen molar-refractivity contribution in [3.63, 3.8) is 0 Å². The summed E-state index contributed by atoms with van der Waals surface area (Å²) in [6.07, 6.45) is 0. The molecular weight excluding hydrogens is 282 g/mol. The maximum absolute atomic E-state index is 9.34. The molecule has 0 atom stereocenters. The second-order valence-electron chi connectivity index (χ2n) is 4.70. The Morgan fingerprint density at radius 3 is 2.67 bits per heavy atom. The van der Waals surface area contributed by atoms with Gasteiger partial charge >= 0.3 is 0 Å². The van der Waals surface area contributed by atoms with Gasteiger partial charge in [-0.25, -0.2) is 4.98 Å². The smallest absolute Gasteiger partial charge is 0.149 e. The molecule has 102 valence electrons. The Hall–Kier alpha value is -2.41. The van der Waals surface area contributed by atoms with Gasteiger partial charge in [-0.3, -0.25) is 0 Å². The third-order valence-corrected chi connectivity index (χ3v) is 3.77. The molecule has 0 saturated carbocycles. The van der Waals surface area contributed by atoms with Crippen molar-refractivity contribution in [2.75, 3.05) is 0 Å². The highest BCUT2D eigenvalue weighted by atomic mass is 35.5. The van der Waals surface area contributed by atoms with Gasteiger partial charge in [-0.15, -0.1) is 0 Å². The van der Waals surface area contributed by atoms with E-state index in [9.17, 15) is 5.26 Å². The lowest BCUT2D eigenvalue weighted by Crippen LogP contribution is -1.97. The number of nitrogens with zero attached hydrogens (tertiary/aromatic N) is 2. The number of rotatable bonds is 2. The van der Waals surface area contributed by atoms with Crippen molar-refractivity contribution in [1.82, 2.24) is 4.98 Å². The van der Waals surface area contributed by atoms with Gasteiger partial charge in [0.25, 0.3) is 0 Å². The first-order valence-corrected chi connectivity index (χ1v) is 6.89. The topological polar surface area (TPSA) is 62.7 Å². The second-order valence-corrected chi connectivity index (χ2v) is 5.11. The fraction of sp³-hybridized carbons (Fsp3) is 0.0588. The fourth-order valence-corrected chi connectivity index (χ4v) is 2.56. The maximum Gasteiger partial charge on any atom is 0.149 e. The monoisotopic (exact) mass is 293 g/mol. The van der Waals surface area contributed by atoms with E-state index < -0.39 is 0 Å². The van der Waals surface area contributed by atoms with Gasteiger partial charge in [-0.2, -0.15) is 5.26 Å². The predicted octanol–water partition coefficient (Wildman–Crippen LogP) is 3.89. The van der Waals surface area contributed by atoms with Crippen molar-refractivity contribution in [3.8, 4) is 17.2 Å². The predicted molar refractivity (Wildman–Crippen MR) is 84.8 cm³/mol. The lowest BCUT2D eigenvalue weighted by molar-refractivity contribution is 1.07. The molecule has 0 amide bonds. The Balaban J connectivity index is 2.24. The second kappa shape index (κ2) is 5.53. The lowest BCUT2D eigenvalue weighted by atomic mass is 10.0. The lowest BCUT2D eigenvalue weighted by Gasteiger charge is -2.08. The van der Waals surface area contributed by atoms with Crippen LogP contribution in [-0.4, -0.2) is 4.98 Å². The van der Waals surface area contributed by atoms with E-state index in [0.717, 1.165) is 27.6 Å². The van der Waals surface area contributed by atoms with Crippen LogP contribution in [0.1, 0.15) is 11.3 Å². The molecule has 0 aliphatic rings. The average molecular weight is 294 g/mol. The fourth-order valence-electron chi connectivity index (χ4n) is 2.30. The largest absolute Gasteiger partial charge is 0.326 e. The Morgan fingerprint density at radius 2 is 1.95 bits per heavy atom. The molecule has 0 radical (unpaired) electrons. The van der Waals surface area contributed by atoms with Gasteiger partial charge in [-0.05, 0) is 29.3 Å². The zero-order valence-electron chi connectivity index (χ0n) is 11.2. The van der Waals surface area contributed by atoms with E-state index in [-0.39, 0.29) is 0 Å². The molecule has 3 aromatic rings. The van der Waals surface area contributed by atoms with Crippen LogP contribution in [0.2, 0.25) is 5.02 Å². The maximum atomic E-state index is 9.34. The number of nitriles is 1. The van der Waals surface area contributed by atoms with Gasteiger partial charge in [0.2, 0.25) is 0 Å². The number of aromatic nitrogens is 1. The van der Waals surface area contributed by atoms with Gasteiger partial charge in [0.05, 0.1) is 5.52 Å². The van der Waals surface area contributed by atoms with E-state index >= 15 is 0 Å². The summed E-state index contributed by atoms with van der Waals surface area (Å²) in [6.45, 7) is 0.389. The molecule has 0 aliphatic carbocycles. The molecular formula is C17H12ClN3. The van der Waals surface area contributed by atoms with Crippen LogP contribution in [-0.2, 0) is 6.54 Å². The number of nitrogens with two attached hydrogens (primary N) is 1.